The summed E-state index contributed by atoms with van der Waals surface area (Å²) >= 11 is 5.70. The van der Waals surface area contributed by atoms with E-state index in [1.165, 1.54) is 0 Å². The van der Waals surface area contributed by atoms with Gasteiger partial charge in [0.1, 0.15) is 0 Å². The number of benzene rings is 1. The van der Waals surface area contributed by atoms with E-state index in [1.807, 2.05) is 0 Å². The third-order valence-electron chi connectivity index (χ3n) is 1.73. The van der Waals surface area contributed by atoms with Gasteiger partial charge in [-0.1, -0.05) is 23.7 Å². The Balaban J connectivity index is 2.82. The van der Waals surface area contributed by atoms with Crippen molar-refractivity contribution < 1.29 is 14.3 Å². The normalized spacial score (nSPS) is 10.9. The number of ether oxygens (including phenoxy) is 1. The SMILES string of the molecule is C/C(=C\c1ccc(Cl)cc1)C(=O)OC=O. The molecule has 0 spiro atoms. The van der Waals surface area contributed by atoms with Gasteiger partial charge in [0.15, 0.2) is 0 Å². The minimum atomic E-state index is -0.653. The maximum atomic E-state index is 11.1. The maximum Gasteiger partial charge on any atom is 0.341 e. The molecule has 0 aromatic heterocycles. The molecule has 0 aliphatic heterocycles. The summed E-state index contributed by atoms with van der Waals surface area (Å²) in [6.45, 7) is 1.68. The summed E-state index contributed by atoms with van der Waals surface area (Å²) in [4.78, 5) is 21.0. The van der Waals surface area contributed by atoms with Crippen molar-refractivity contribution in [3.8, 4) is 0 Å². The van der Waals surface area contributed by atoms with Gasteiger partial charge in [-0.05, 0) is 30.7 Å². The fourth-order valence-electron chi connectivity index (χ4n) is 1.00. The van der Waals surface area contributed by atoms with Gasteiger partial charge in [-0.3, -0.25) is 4.79 Å². The van der Waals surface area contributed by atoms with E-state index < -0.39 is 5.97 Å². The van der Waals surface area contributed by atoms with E-state index >= 15 is 0 Å². The van der Waals surface area contributed by atoms with E-state index in [9.17, 15) is 9.59 Å². The van der Waals surface area contributed by atoms with E-state index in [0.717, 1.165) is 5.56 Å². The van der Waals surface area contributed by atoms with Crippen LogP contribution in [0.25, 0.3) is 6.08 Å². The summed E-state index contributed by atoms with van der Waals surface area (Å²) in [6.07, 6.45) is 1.61. The van der Waals surface area contributed by atoms with Crippen molar-refractivity contribution in [2.45, 2.75) is 6.92 Å². The number of hydrogen-bond acceptors (Lipinski definition) is 3. The molecule has 0 fully saturated rings. The molecule has 3 nitrogen and oxygen atoms in total. The summed E-state index contributed by atoms with van der Waals surface area (Å²) in [6, 6.07) is 6.96. The lowest BCUT2D eigenvalue weighted by Gasteiger charge is -1.98. The van der Waals surface area contributed by atoms with Crippen LogP contribution in [0.15, 0.2) is 29.8 Å². The number of rotatable bonds is 3. The minimum Gasteiger partial charge on any atom is -0.392 e. The summed E-state index contributed by atoms with van der Waals surface area (Å²) in [5.74, 6) is -0.653. The molecule has 0 aliphatic rings. The van der Waals surface area contributed by atoms with Gasteiger partial charge in [0, 0.05) is 10.6 Å². The Morgan fingerprint density at radius 3 is 2.47 bits per heavy atom. The number of halogens is 1. The van der Waals surface area contributed by atoms with Gasteiger partial charge < -0.3 is 4.74 Å². The predicted molar refractivity (Wildman–Crippen MR) is 57.3 cm³/mol. The van der Waals surface area contributed by atoms with Crippen molar-refractivity contribution in [1.29, 1.82) is 0 Å². The molecule has 0 N–H and O–H groups in total. The molecular formula is C11H9ClO3. The van der Waals surface area contributed by atoms with Crippen LogP contribution in [-0.2, 0) is 14.3 Å². The Bertz CT molecular complexity index is 393. The van der Waals surface area contributed by atoms with Gasteiger partial charge in [0.25, 0.3) is 0 Å². The van der Waals surface area contributed by atoms with Crippen molar-refractivity contribution >= 4 is 30.1 Å². The molecule has 4 heteroatoms. The van der Waals surface area contributed by atoms with Crippen LogP contribution in [0.3, 0.4) is 0 Å². The number of carbonyl (C=O) groups is 2. The van der Waals surface area contributed by atoms with Crippen LogP contribution in [0, 0.1) is 0 Å². The molecule has 78 valence electrons. The molecule has 0 saturated carbocycles. The Labute approximate surface area is 92.3 Å². The third-order valence-corrected chi connectivity index (χ3v) is 1.98. The van der Waals surface area contributed by atoms with Crippen LogP contribution >= 0.6 is 11.6 Å². The van der Waals surface area contributed by atoms with Crippen LogP contribution < -0.4 is 0 Å². The number of esters is 1. The summed E-state index contributed by atoms with van der Waals surface area (Å²) in [7, 11) is 0. The first-order valence-corrected chi connectivity index (χ1v) is 4.60. The first-order valence-electron chi connectivity index (χ1n) is 4.22. The Morgan fingerprint density at radius 1 is 1.33 bits per heavy atom. The second kappa shape index (κ2) is 5.32. The molecule has 1 aromatic carbocycles. The van der Waals surface area contributed by atoms with Crippen molar-refractivity contribution in [1.82, 2.24) is 0 Å². The van der Waals surface area contributed by atoms with Crippen LogP contribution in [0.4, 0.5) is 0 Å². The summed E-state index contributed by atoms with van der Waals surface area (Å²) < 4.78 is 4.19. The van der Waals surface area contributed by atoms with Crippen LogP contribution in [0.5, 0.6) is 0 Å². The van der Waals surface area contributed by atoms with Gasteiger partial charge in [-0.2, -0.15) is 0 Å². The highest BCUT2D eigenvalue weighted by atomic mass is 35.5. The zero-order valence-electron chi connectivity index (χ0n) is 8.07. The van der Waals surface area contributed by atoms with Crippen molar-refractivity contribution in [2.75, 3.05) is 0 Å². The zero-order valence-corrected chi connectivity index (χ0v) is 8.82. The standard InChI is InChI=1S/C11H9ClO3/c1-8(11(14)15-7-13)6-9-2-4-10(12)5-3-9/h2-7H,1H3/b8-6+. The van der Waals surface area contributed by atoms with Gasteiger partial charge in [-0.25, -0.2) is 4.79 Å². The highest BCUT2D eigenvalue weighted by Gasteiger charge is 2.04. The molecule has 0 radical (unpaired) electrons. The Morgan fingerprint density at radius 2 is 1.93 bits per heavy atom. The summed E-state index contributed by atoms with van der Waals surface area (Å²) in [5, 5.41) is 0.625. The lowest BCUT2D eigenvalue weighted by molar-refractivity contribution is -0.148. The lowest BCUT2D eigenvalue weighted by Crippen LogP contribution is -2.03. The molecule has 0 atom stereocenters. The number of carbonyl (C=O) groups excluding carboxylic acids is 2. The molecule has 0 heterocycles. The topological polar surface area (TPSA) is 43.4 Å². The molecule has 15 heavy (non-hydrogen) atoms. The van der Waals surface area contributed by atoms with E-state index in [-0.39, 0.29) is 6.47 Å². The third kappa shape index (κ3) is 3.56. The number of hydrogen-bond donors (Lipinski definition) is 0. The average molecular weight is 225 g/mol. The van der Waals surface area contributed by atoms with E-state index in [2.05, 4.69) is 4.74 Å². The van der Waals surface area contributed by atoms with E-state index in [1.54, 1.807) is 37.3 Å². The molecule has 0 saturated heterocycles. The van der Waals surface area contributed by atoms with Gasteiger partial charge in [0.2, 0.25) is 0 Å². The maximum absolute atomic E-state index is 11.1. The molecular weight excluding hydrogens is 216 g/mol. The molecule has 0 bridgehead atoms. The second-order valence-electron chi connectivity index (χ2n) is 2.88. The monoisotopic (exact) mass is 224 g/mol. The highest BCUT2D eigenvalue weighted by Crippen LogP contribution is 2.12. The largest absolute Gasteiger partial charge is 0.392 e. The molecule has 0 aliphatic carbocycles. The quantitative estimate of drug-likeness (QED) is 0.343. The fourth-order valence-corrected chi connectivity index (χ4v) is 1.13. The van der Waals surface area contributed by atoms with Crippen LogP contribution in [0.1, 0.15) is 12.5 Å². The smallest absolute Gasteiger partial charge is 0.341 e. The first kappa shape index (κ1) is 11.5. The van der Waals surface area contributed by atoms with Crippen LogP contribution in [0.2, 0.25) is 5.02 Å². The van der Waals surface area contributed by atoms with Crippen molar-refractivity contribution in [2.24, 2.45) is 0 Å². The molecule has 0 amide bonds. The second-order valence-corrected chi connectivity index (χ2v) is 3.32. The van der Waals surface area contributed by atoms with Crippen LogP contribution in [-0.4, -0.2) is 12.4 Å². The van der Waals surface area contributed by atoms with Gasteiger partial charge in [-0.15, -0.1) is 0 Å². The Hall–Kier alpha value is -1.61. The minimum absolute atomic E-state index is 0.113. The average Bonchev–Trinajstić information content (AvgIpc) is 2.22. The zero-order chi connectivity index (χ0) is 11.3. The Kier molecular flexibility index (Phi) is 4.06. The lowest BCUT2D eigenvalue weighted by atomic mass is 10.1. The van der Waals surface area contributed by atoms with E-state index in [4.69, 9.17) is 11.6 Å². The van der Waals surface area contributed by atoms with Crippen molar-refractivity contribution in [3.63, 3.8) is 0 Å². The van der Waals surface area contributed by atoms with Gasteiger partial charge >= 0.3 is 12.4 Å². The molecule has 0 unspecified atom stereocenters. The predicted octanol–water partition coefficient (Wildman–Crippen LogP) is 2.44. The molecule has 1 aromatic rings. The van der Waals surface area contributed by atoms with Crippen molar-refractivity contribution in [3.05, 3.63) is 40.4 Å². The fraction of sp³-hybridized carbons (Fsp3) is 0.0909. The first-order chi connectivity index (χ1) is 7.13. The van der Waals surface area contributed by atoms with E-state index in [0.29, 0.717) is 10.6 Å². The molecule has 1 rings (SSSR count). The highest BCUT2D eigenvalue weighted by molar-refractivity contribution is 6.30. The van der Waals surface area contributed by atoms with Gasteiger partial charge in [0.05, 0.1) is 0 Å². The summed E-state index contributed by atoms with van der Waals surface area (Å²) in [5.41, 5.74) is 1.17.